The normalized spacial score (nSPS) is 11.3. The number of rotatable bonds is 2. The lowest BCUT2D eigenvalue weighted by atomic mass is 10.0. The zero-order valence-corrected chi connectivity index (χ0v) is 13.6. The molecular formula is C20H13N3S. The zero-order valence-electron chi connectivity index (χ0n) is 12.8. The van der Waals surface area contributed by atoms with Crippen LogP contribution in [0.4, 0.5) is 0 Å². The Kier molecular flexibility index (Phi) is 2.96. The number of imidazole rings is 1. The minimum Gasteiger partial charge on any atom is -0.290 e. The number of aromatic nitrogens is 3. The van der Waals surface area contributed by atoms with Crippen LogP contribution < -0.4 is 0 Å². The van der Waals surface area contributed by atoms with Crippen molar-refractivity contribution in [3.63, 3.8) is 0 Å². The molecule has 2 aromatic carbocycles. The number of fused-ring (bicyclic) bond motifs is 3. The average Bonchev–Trinajstić information content (AvgIpc) is 3.23. The lowest BCUT2D eigenvalue weighted by Gasteiger charge is -2.05. The molecular weight excluding hydrogens is 314 g/mol. The number of benzene rings is 2. The SMILES string of the molecule is c1ccc(-c2cc(-c3ccc4nc5sccn5c4c3)ccn2)cc1. The van der Waals surface area contributed by atoms with Gasteiger partial charge in [0.15, 0.2) is 4.96 Å². The lowest BCUT2D eigenvalue weighted by Crippen LogP contribution is -1.86. The molecule has 3 aromatic heterocycles. The first-order valence-electron chi connectivity index (χ1n) is 7.76. The summed E-state index contributed by atoms with van der Waals surface area (Å²) < 4.78 is 2.14. The third-order valence-electron chi connectivity index (χ3n) is 4.20. The summed E-state index contributed by atoms with van der Waals surface area (Å²) >= 11 is 1.66. The summed E-state index contributed by atoms with van der Waals surface area (Å²) in [6, 6.07) is 20.9. The van der Waals surface area contributed by atoms with Crippen molar-refractivity contribution in [3.05, 3.63) is 78.4 Å². The van der Waals surface area contributed by atoms with Crippen LogP contribution in [0.1, 0.15) is 0 Å². The molecule has 0 saturated carbocycles. The number of hydrogen-bond donors (Lipinski definition) is 0. The number of nitrogens with zero attached hydrogens (tertiary/aromatic N) is 3. The number of hydrogen-bond acceptors (Lipinski definition) is 3. The first kappa shape index (κ1) is 13.5. The predicted molar refractivity (Wildman–Crippen MR) is 99.2 cm³/mol. The molecule has 0 bridgehead atoms. The minimum absolute atomic E-state index is 0.988. The molecule has 4 heteroatoms. The van der Waals surface area contributed by atoms with Crippen LogP contribution >= 0.6 is 11.3 Å². The molecule has 0 fully saturated rings. The van der Waals surface area contributed by atoms with Crippen molar-refractivity contribution in [2.75, 3.05) is 0 Å². The summed E-state index contributed by atoms with van der Waals surface area (Å²) in [5, 5.41) is 2.06. The maximum atomic E-state index is 4.64. The standard InChI is InChI=1S/C20H13N3S/c1-2-4-14(5-3-1)18-12-16(8-9-21-18)15-6-7-17-19(13-15)23-10-11-24-20(23)22-17/h1-13H. The Hall–Kier alpha value is -2.98. The first-order chi connectivity index (χ1) is 11.9. The van der Waals surface area contributed by atoms with Gasteiger partial charge in [-0.3, -0.25) is 9.38 Å². The van der Waals surface area contributed by atoms with Crippen LogP contribution in [-0.2, 0) is 0 Å². The molecule has 3 nitrogen and oxygen atoms in total. The van der Waals surface area contributed by atoms with Crippen LogP contribution in [0.2, 0.25) is 0 Å². The molecule has 3 heterocycles. The van der Waals surface area contributed by atoms with Crippen molar-refractivity contribution in [1.82, 2.24) is 14.4 Å². The molecule has 0 aliphatic carbocycles. The molecule has 114 valence electrons. The van der Waals surface area contributed by atoms with Gasteiger partial charge in [-0.25, -0.2) is 4.98 Å². The van der Waals surface area contributed by atoms with E-state index in [0.717, 1.165) is 32.8 Å². The molecule has 0 atom stereocenters. The van der Waals surface area contributed by atoms with E-state index in [4.69, 9.17) is 0 Å². The highest BCUT2D eigenvalue weighted by molar-refractivity contribution is 7.15. The highest BCUT2D eigenvalue weighted by Crippen LogP contribution is 2.28. The fraction of sp³-hybridized carbons (Fsp3) is 0. The molecule has 0 aliphatic rings. The molecule has 0 saturated heterocycles. The van der Waals surface area contributed by atoms with Gasteiger partial charge in [0.05, 0.1) is 16.7 Å². The molecule has 5 aromatic rings. The molecule has 24 heavy (non-hydrogen) atoms. The van der Waals surface area contributed by atoms with E-state index in [0.29, 0.717) is 0 Å². The largest absolute Gasteiger partial charge is 0.290 e. The monoisotopic (exact) mass is 327 g/mol. The third-order valence-corrected chi connectivity index (χ3v) is 4.96. The van der Waals surface area contributed by atoms with E-state index in [1.54, 1.807) is 11.3 Å². The Bertz CT molecular complexity index is 1160. The molecule has 0 radical (unpaired) electrons. The Morgan fingerprint density at radius 2 is 1.71 bits per heavy atom. The van der Waals surface area contributed by atoms with E-state index >= 15 is 0 Å². The first-order valence-corrected chi connectivity index (χ1v) is 8.64. The van der Waals surface area contributed by atoms with Crippen molar-refractivity contribution in [2.24, 2.45) is 0 Å². The van der Waals surface area contributed by atoms with Crippen LogP contribution in [0.25, 0.3) is 38.4 Å². The van der Waals surface area contributed by atoms with E-state index < -0.39 is 0 Å². The van der Waals surface area contributed by atoms with Gasteiger partial charge < -0.3 is 0 Å². The minimum atomic E-state index is 0.988. The Labute approximate surface area is 142 Å². The second-order valence-corrected chi connectivity index (χ2v) is 6.54. The third kappa shape index (κ3) is 2.12. The summed E-state index contributed by atoms with van der Waals surface area (Å²) in [5.41, 5.74) is 6.63. The highest BCUT2D eigenvalue weighted by atomic mass is 32.1. The second-order valence-electron chi connectivity index (χ2n) is 5.67. The Morgan fingerprint density at radius 1 is 0.833 bits per heavy atom. The van der Waals surface area contributed by atoms with Crippen molar-refractivity contribution >= 4 is 27.3 Å². The van der Waals surface area contributed by atoms with Crippen LogP contribution in [-0.4, -0.2) is 14.4 Å². The van der Waals surface area contributed by atoms with Crippen LogP contribution in [0.3, 0.4) is 0 Å². The van der Waals surface area contributed by atoms with Crippen LogP contribution in [0.15, 0.2) is 78.4 Å². The molecule has 0 N–H and O–H groups in total. The average molecular weight is 327 g/mol. The van der Waals surface area contributed by atoms with Gasteiger partial charge in [0, 0.05) is 23.3 Å². The number of pyridine rings is 1. The van der Waals surface area contributed by atoms with Crippen molar-refractivity contribution in [1.29, 1.82) is 0 Å². The fourth-order valence-electron chi connectivity index (χ4n) is 3.01. The van der Waals surface area contributed by atoms with Crippen molar-refractivity contribution in [2.45, 2.75) is 0 Å². The zero-order chi connectivity index (χ0) is 15.9. The van der Waals surface area contributed by atoms with E-state index in [2.05, 4.69) is 68.4 Å². The molecule has 0 aliphatic heterocycles. The van der Waals surface area contributed by atoms with Gasteiger partial charge in [-0.05, 0) is 35.4 Å². The van der Waals surface area contributed by atoms with Gasteiger partial charge in [-0.2, -0.15) is 0 Å². The molecule has 0 amide bonds. The van der Waals surface area contributed by atoms with E-state index in [-0.39, 0.29) is 0 Å². The topological polar surface area (TPSA) is 30.2 Å². The summed E-state index contributed by atoms with van der Waals surface area (Å²) in [6.45, 7) is 0. The predicted octanol–water partition coefficient (Wildman–Crippen LogP) is 5.28. The fourth-order valence-corrected chi connectivity index (χ4v) is 3.73. The van der Waals surface area contributed by atoms with Gasteiger partial charge in [0.2, 0.25) is 0 Å². The quantitative estimate of drug-likeness (QED) is 0.442. The highest BCUT2D eigenvalue weighted by Gasteiger charge is 2.08. The second kappa shape index (κ2) is 5.28. The molecule has 0 unspecified atom stereocenters. The van der Waals surface area contributed by atoms with Crippen molar-refractivity contribution < 1.29 is 0 Å². The lowest BCUT2D eigenvalue weighted by molar-refractivity contribution is 1.28. The van der Waals surface area contributed by atoms with Crippen LogP contribution in [0, 0.1) is 0 Å². The summed E-state index contributed by atoms with van der Waals surface area (Å²) in [5.74, 6) is 0. The van der Waals surface area contributed by atoms with Gasteiger partial charge in [-0.1, -0.05) is 36.4 Å². The summed E-state index contributed by atoms with van der Waals surface area (Å²) in [7, 11) is 0. The van der Waals surface area contributed by atoms with Gasteiger partial charge in [0.25, 0.3) is 0 Å². The van der Waals surface area contributed by atoms with E-state index in [1.165, 1.54) is 5.56 Å². The molecule has 5 rings (SSSR count). The maximum absolute atomic E-state index is 4.64. The van der Waals surface area contributed by atoms with Crippen LogP contribution in [0.5, 0.6) is 0 Å². The van der Waals surface area contributed by atoms with E-state index in [1.807, 2.05) is 24.4 Å². The number of thiazole rings is 1. The van der Waals surface area contributed by atoms with E-state index in [9.17, 15) is 0 Å². The van der Waals surface area contributed by atoms with Gasteiger partial charge in [0.1, 0.15) is 0 Å². The van der Waals surface area contributed by atoms with Gasteiger partial charge >= 0.3 is 0 Å². The molecule has 0 spiro atoms. The smallest absolute Gasteiger partial charge is 0.194 e. The summed E-state index contributed by atoms with van der Waals surface area (Å²) in [4.78, 5) is 10.2. The Balaban J connectivity index is 1.66. The van der Waals surface area contributed by atoms with Gasteiger partial charge in [-0.15, -0.1) is 11.3 Å². The summed E-state index contributed by atoms with van der Waals surface area (Å²) in [6.07, 6.45) is 3.94. The maximum Gasteiger partial charge on any atom is 0.194 e. The Morgan fingerprint density at radius 3 is 2.62 bits per heavy atom. The van der Waals surface area contributed by atoms with Crippen molar-refractivity contribution in [3.8, 4) is 22.4 Å².